The van der Waals surface area contributed by atoms with Crippen molar-refractivity contribution in [1.29, 1.82) is 0 Å². The largest absolute Gasteiger partial charge is 0.478 e. The molecule has 4 heteroatoms. The zero-order valence-corrected chi connectivity index (χ0v) is 11.8. The van der Waals surface area contributed by atoms with E-state index in [0.29, 0.717) is 16.6 Å². The van der Waals surface area contributed by atoms with Crippen molar-refractivity contribution < 1.29 is 9.90 Å². The zero-order valence-electron chi connectivity index (χ0n) is 11.0. The first kappa shape index (κ1) is 12.8. The van der Waals surface area contributed by atoms with E-state index < -0.39 is 5.97 Å². The molecule has 0 radical (unpaired) electrons. The molecule has 2 aromatic heterocycles. The molecule has 0 aliphatic heterocycles. The van der Waals surface area contributed by atoms with E-state index in [0.717, 1.165) is 22.4 Å². The molecule has 0 aliphatic carbocycles. The summed E-state index contributed by atoms with van der Waals surface area (Å²) in [5, 5.41) is 12.1. The Hall–Kier alpha value is -2.20. The third-order valence-corrected chi connectivity index (χ3v) is 4.18. The zero-order chi connectivity index (χ0) is 14.1. The molecule has 0 spiro atoms. The first-order chi connectivity index (χ1) is 9.69. The Morgan fingerprint density at radius 1 is 1.30 bits per heavy atom. The standard InChI is InChI=1S/C16H13NO2S/c1-2-10-5-6-13-11(8-10)12(16(18)19)9-14(17-13)15-4-3-7-20-15/h3-9H,2H2,1H3,(H,18,19). The predicted molar refractivity (Wildman–Crippen MR) is 81.4 cm³/mol. The molecule has 0 unspecified atom stereocenters. The number of aromatic carboxylic acids is 1. The molecule has 0 saturated carbocycles. The van der Waals surface area contributed by atoms with E-state index >= 15 is 0 Å². The van der Waals surface area contributed by atoms with Gasteiger partial charge in [-0.15, -0.1) is 11.3 Å². The second-order valence-electron chi connectivity index (χ2n) is 4.54. The second kappa shape index (κ2) is 5.06. The minimum Gasteiger partial charge on any atom is -0.478 e. The van der Waals surface area contributed by atoms with Crippen LogP contribution in [0.15, 0.2) is 41.8 Å². The molecule has 3 nitrogen and oxygen atoms in total. The first-order valence-corrected chi connectivity index (χ1v) is 7.28. The number of nitrogens with zero attached hydrogens (tertiary/aromatic N) is 1. The molecule has 0 bridgehead atoms. The first-order valence-electron chi connectivity index (χ1n) is 6.40. The maximum atomic E-state index is 11.5. The summed E-state index contributed by atoms with van der Waals surface area (Å²) >= 11 is 1.56. The number of aryl methyl sites for hydroxylation is 1. The molecule has 1 aromatic carbocycles. The fourth-order valence-electron chi connectivity index (χ4n) is 2.22. The molecule has 0 saturated heterocycles. The Balaban J connectivity index is 2.30. The van der Waals surface area contributed by atoms with E-state index in [1.807, 2.05) is 35.7 Å². The number of hydrogen-bond acceptors (Lipinski definition) is 3. The summed E-state index contributed by atoms with van der Waals surface area (Å²) in [4.78, 5) is 17.1. The fourth-order valence-corrected chi connectivity index (χ4v) is 2.91. The maximum Gasteiger partial charge on any atom is 0.336 e. The Morgan fingerprint density at radius 2 is 2.15 bits per heavy atom. The molecular formula is C16H13NO2S. The van der Waals surface area contributed by atoms with Crippen molar-refractivity contribution in [1.82, 2.24) is 4.98 Å². The minimum absolute atomic E-state index is 0.314. The van der Waals surface area contributed by atoms with Crippen LogP contribution in [-0.4, -0.2) is 16.1 Å². The number of carboxylic acid groups (broad SMARTS) is 1. The summed E-state index contributed by atoms with van der Waals surface area (Å²) in [7, 11) is 0. The number of fused-ring (bicyclic) bond motifs is 1. The molecule has 1 N–H and O–H groups in total. The summed E-state index contributed by atoms with van der Waals surface area (Å²) in [6.07, 6.45) is 0.877. The Morgan fingerprint density at radius 3 is 2.80 bits per heavy atom. The van der Waals surface area contributed by atoms with Crippen molar-refractivity contribution in [2.75, 3.05) is 0 Å². The molecule has 100 valence electrons. The Bertz CT molecular complexity index is 779. The van der Waals surface area contributed by atoms with Gasteiger partial charge in [-0.05, 0) is 41.6 Å². The Labute approximate surface area is 120 Å². The normalized spacial score (nSPS) is 10.8. The third kappa shape index (κ3) is 2.18. The summed E-state index contributed by atoms with van der Waals surface area (Å²) in [6.45, 7) is 2.05. The average Bonchev–Trinajstić information content (AvgIpc) is 2.99. The monoisotopic (exact) mass is 283 g/mol. The molecule has 2 heterocycles. The van der Waals surface area contributed by atoms with Crippen LogP contribution >= 0.6 is 11.3 Å². The van der Waals surface area contributed by atoms with Gasteiger partial charge in [0.25, 0.3) is 0 Å². The van der Waals surface area contributed by atoms with Crippen LogP contribution in [0.1, 0.15) is 22.8 Å². The van der Waals surface area contributed by atoms with Gasteiger partial charge in [-0.1, -0.05) is 19.1 Å². The van der Waals surface area contributed by atoms with Crippen LogP contribution in [0, 0.1) is 0 Å². The topological polar surface area (TPSA) is 50.2 Å². The molecule has 3 aromatic rings. The number of hydrogen-bond donors (Lipinski definition) is 1. The number of benzene rings is 1. The molecule has 0 atom stereocenters. The highest BCUT2D eigenvalue weighted by Crippen LogP contribution is 2.28. The highest BCUT2D eigenvalue weighted by atomic mass is 32.1. The molecule has 0 fully saturated rings. The quantitative estimate of drug-likeness (QED) is 0.782. The van der Waals surface area contributed by atoms with Crippen LogP contribution in [0.2, 0.25) is 0 Å². The second-order valence-corrected chi connectivity index (χ2v) is 5.49. The van der Waals surface area contributed by atoms with Gasteiger partial charge in [0.2, 0.25) is 0 Å². The smallest absolute Gasteiger partial charge is 0.336 e. The summed E-state index contributed by atoms with van der Waals surface area (Å²) in [5.74, 6) is -0.913. The lowest BCUT2D eigenvalue weighted by Crippen LogP contribution is -2.00. The van der Waals surface area contributed by atoms with E-state index in [-0.39, 0.29) is 0 Å². The van der Waals surface area contributed by atoms with Gasteiger partial charge in [-0.2, -0.15) is 0 Å². The lowest BCUT2D eigenvalue weighted by molar-refractivity contribution is 0.0699. The van der Waals surface area contributed by atoms with Gasteiger partial charge in [0.05, 0.1) is 21.7 Å². The van der Waals surface area contributed by atoms with Gasteiger partial charge in [0.15, 0.2) is 0 Å². The number of thiophene rings is 1. The van der Waals surface area contributed by atoms with Crippen molar-refractivity contribution in [2.45, 2.75) is 13.3 Å². The SMILES string of the molecule is CCc1ccc2nc(-c3cccs3)cc(C(=O)O)c2c1. The van der Waals surface area contributed by atoms with Crippen molar-refractivity contribution in [3.63, 3.8) is 0 Å². The number of pyridine rings is 1. The third-order valence-electron chi connectivity index (χ3n) is 3.29. The van der Waals surface area contributed by atoms with Crippen LogP contribution in [0.5, 0.6) is 0 Å². The van der Waals surface area contributed by atoms with E-state index in [1.54, 1.807) is 17.4 Å². The van der Waals surface area contributed by atoms with Crippen LogP contribution in [0.25, 0.3) is 21.5 Å². The molecule has 0 aliphatic rings. The maximum absolute atomic E-state index is 11.5. The molecule has 20 heavy (non-hydrogen) atoms. The number of rotatable bonds is 3. The van der Waals surface area contributed by atoms with Gasteiger partial charge in [0.1, 0.15) is 0 Å². The summed E-state index contributed by atoms with van der Waals surface area (Å²) < 4.78 is 0. The number of aromatic nitrogens is 1. The van der Waals surface area contributed by atoms with Crippen LogP contribution < -0.4 is 0 Å². The van der Waals surface area contributed by atoms with E-state index in [4.69, 9.17) is 0 Å². The van der Waals surface area contributed by atoms with Crippen LogP contribution in [-0.2, 0) is 6.42 Å². The lowest BCUT2D eigenvalue weighted by Gasteiger charge is -2.07. The highest BCUT2D eigenvalue weighted by Gasteiger charge is 2.13. The predicted octanol–water partition coefficient (Wildman–Crippen LogP) is 4.22. The molecular weight excluding hydrogens is 270 g/mol. The summed E-state index contributed by atoms with van der Waals surface area (Å²) in [5.41, 5.74) is 2.87. The molecule has 3 rings (SSSR count). The van der Waals surface area contributed by atoms with Gasteiger partial charge < -0.3 is 5.11 Å². The van der Waals surface area contributed by atoms with E-state index in [1.165, 1.54) is 0 Å². The van der Waals surface area contributed by atoms with Gasteiger partial charge in [-0.25, -0.2) is 9.78 Å². The number of carboxylic acids is 1. The number of carbonyl (C=O) groups is 1. The molecule has 0 amide bonds. The van der Waals surface area contributed by atoms with Gasteiger partial charge in [-0.3, -0.25) is 0 Å². The van der Waals surface area contributed by atoms with E-state index in [2.05, 4.69) is 11.9 Å². The summed E-state index contributed by atoms with van der Waals surface area (Å²) in [6, 6.07) is 11.4. The lowest BCUT2D eigenvalue weighted by atomic mass is 10.0. The van der Waals surface area contributed by atoms with Crippen molar-refractivity contribution in [3.8, 4) is 10.6 Å². The van der Waals surface area contributed by atoms with Gasteiger partial charge >= 0.3 is 5.97 Å². The van der Waals surface area contributed by atoms with Gasteiger partial charge in [0, 0.05) is 5.39 Å². The highest BCUT2D eigenvalue weighted by molar-refractivity contribution is 7.13. The van der Waals surface area contributed by atoms with E-state index in [9.17, 15) is 9.90 Å². The minimum atomic E-state index is -0.913. The average molecular weight is 283 g/mol. The van der Waals surface area contributed by atoms with Crippen molar-refractivity contribution in [2.24, 2.45) is 0 Å². The van der Waals surface area contributed by atoms with Crippen LogP contribution in [0.4, 0.5) is 0 Å². The van der Waals surface area contributed by atoms with Crippen molar-refractivity contribution >= 4 is 28.2 Å². The van der Waals surface area contributed by atoms with Crippen LogP contribution in [0.3, 0.4) is 0 Å². The Kier molecular flexibility index (Phi) is 3.24. The van der Waals surface area contributed by atoms with Crippen molar-refractivity contribution in [3.05, 3.63) is 52.9 Å². The fraction of sp³-hybridized carbons (Fsp3) is 0.125.